The zero-order valence-corrected chi connectivity index (χ0v) is 20.3. The van der Waals surface area contributed by atoms with Crippen LogP contribution >= 0.6 is 0 Å². The van der Waals surface area contributed by atoms with E-state index in [1.165, 1.54) is 0 Å². The highest BCUT2D eigenvalue weighted by Crippen LogP contribution is 2.44. The van der Waals surface area contributed by atoms with Crippen LogP contribution in [0.2, 0.25) is 0 Å². The van der Waals surface area contributed by atoms with Gasteiger partial charge in [-0.25, -0.2) is 4.79 Å². The minimum absolute atomic E-state index is 0.0294. The fourth-order valence-electron chi connectivity index (χ4n) is 5.03. The normalized spacial score (nSPS) is 16.2. The summed E-state index contributed by atoms with van der Waals surface area (Å²) in [6.45, 7) is 4.39. The van der Waals surface area contributed by atoms with Crippen LogP contribution in [0, 0.1) is 17.8 Å². The monoisotopic (exact) mass is 478 g/mol. The molecule has 2 aromatic rings. The molecule has 2 atom stereocenters. The van der Waals surface area contributed by atoms with Gasteiger partial charge in [-0.3, -0.25) is 9.59 Å². The van der Waals surface area contributed by atoms with Gasteiger partial charge in [0.2, 0.25) is 5.91 Å². The molecule has 1 fully saturated rings. The number of benzene rings is 2. The Morgan fingerprint density at radius 2 is 1.60 bits per heavy atom. The van der Waals surface area contributed by atoms with Crippen LogP contribution in [0.25, 0.3) is 11.1 Å². The summed E-state index contributed by atoms with van der Waals surface area (Å²) in [5.74, 6) is -1.14. The summed E-state index contributed by atoms with van der Waals surface area (Å²) in [6, 6.07) is 16.0. The van der Waals surface area contributed by atoms with Crippen LogP contribution in [0.15, 0.2) is 48.5 Å². The van der Waals surface area contributed by atoms with Crippen LogP contribution < -0.4 is 10.6 Å². The van der Waals surface area contributed by atoms with E-state index in [9.17, 15) is 19.5 Å². The van der Waals surface area contributed by atoms with Crippen LogP contribution in [-0.2, 0) is 14.3 Å². The molecule has 0 bridgehead atoms. The van der Waals surface area contributed by atoms with Gasteiger partial charge in [-0.2, -0.15) is 0 Å². The fourth-order valence-corrected chi connectivity index (χ4v) is 5.03. The van der Waals surface area contributed by atoms with Crippen molar-refractivity contribution in [1.29, 1.82) is 0 Å². The Morgan fingerprint density at radius 3 is 2.14 bits per heavy atom. The number of hydrogen-bond acceptors (Lipinski definition) is 4. The quantitative estimate of drug-likeness (QED) is 0.439. The van der Waals surface area contributed by atoms with Crippen LogP contribution in [0.4, 0.5) is 4.79 Å². The van der Waals surface area contributed by atoms with Crippen molar-refractivity contribution in [2.75, 3.05) is 13.2 Å². The molecule has 35 heavy (non-hydrogen) atoms. The van der Waals surface area contributed by atoms with Crippen molar-refractivity contribution in [2.45, 2.75) is 51.5 Å². The molecule has 0 heterocycles. The summed E-state index contributed by atoms with van der Waals surface area (Å²) in [5, 5.41) is 14.9. The second kappa shape index (κ2) is 10.9. The van der Waals surface area contributed by atoms with Gasteiger partial charge in [-0.05, 0) is 53.4 Å². The number of hydrogen-bond donors (Lipinski definition) is 3. The second-order valence-electron chi connectivity index (χ2n) is 10.1. The molecule has 0 radical (unpaired) electrons. The maximum atomic E-state index is 13.0. The minimum atomic E-state index is -0.917. The maximum Gasteiger partial charge on any atom is 0.407 e. The number of nitrogens with one attached hydrogen (secondary N) is 2. The Kier molecular flexibility index (Phi) is 7.73. The van der Waals surface area contributed by atoms with Gasteiger partial charge < -0.3 is 20.5 Å². The van der Waals surface area contributed by atoms with Gasteiger partial charge in [0.15, 0.2) is 0 Å². The number of rotatable bonds is 11. The summed E-state index contributed by atoms with van der Waals surface area (Å²) in [4.78, 5) is 36.7. The summed E-state index contributed by atoms with van der Waals surface area (Å²) in [5.41, 5.74) is 4.61. The largest absolute Gasteiger partial charge is 0.481 e. The number of amides is 2. The van der Waals surface area contributed by atoms with Crippen molar-refractivity contribution in [3.8, 4) is 11.1 Å². The lowest BCUT2D eigenvalue weighted by Gasteiger charge is -2.23. The lowest BCUT2D eigenvalue weighted by atomic mass is 9.95. The second-order valence-corrected chi connectivity index (χ2v) is 10.1. The summed E-state index contributed by atoms with van der Waals surface area (Å²) in [7, 11) is 0. The van der Waals surface area contributed by atoms with E-state index in [4.69, 9.17) is 4.74 Å². The van der Waals surface area contributed by atoms with Crippen molar-refractivity contribution in [3.05, 3.63) is 59.7 Å². The molecule has 0 spiro atoms. The van der Waals surface area contributed by atoms with E-state index >= 15 is 0 Å². The van der Waals surface area contributed by atoms with E-state index in [-0.39, 0.29) is 49.3 Å². The van der Waals surface area contributed by atoms with Crippen LogP contribution in [0.3, 0.4) is 0 Å². The highest BCUT2D eigenvalue weighted by Gasteiger charge is 2.35. The smallest absolute Gasteiger partial charge is 0.407 e. The van der Waals surface area contributed by atoms with E-state index in [2.05, 4.69) is 34.9 Å². The van der Waals surface area contributed by atoms with E-state index in [0.29, 0.717) is 6.42 Å². The topological polar surface area (TPSA) is 105 Å². The molecule has 0 aliphatic heterocycles. The Balaban J connectivity index is 1.34. The van der Waals surface area contributed by atoms with Gasteiger partial charge >= 0.3 is 12.1 Å². The van der Waals surface area contributed by atoms with Gasteiger partial charge in [-0.1, -0.05) is 62.4 Å². The standard InChI is InChI=1S/C28H34N2O5/c1-17(2)13-19(27(33)30-25(14-26(31)32)18-11-12-18)15-29-28(34)35-16-24-22-9-5-3-7-20(22)21-8-4-6-10-23(21)24/h3-10,17-19,24-25H,11-16H2,1-2H3,(H,29,34)(H,30,33)(H,31,32). The summed E-state index contributed by atoms with van der Waals surface area (Å²) >= 11 is 0. The molecule has 186 valence electrons. The van der Waals surface area contributed by atoms with Gasteiger partial charge in [0, 0.05) is 18.5 Å². The molecular formula is C28H34N2O5. The van der Waals surface area contributed by atoms with E-state index < -0.39 is 18.0 Å². The molecule has 2 unspecified atom stereocenters. The number of carbonyl (C=O) groups is 3. The Labute approximate surface area is 206 Å². The molecule has 7 heteroatoms. The molecule has 2 aliphatic carbocycles. The van der Waals surface area contributed by atoms with Gasteiger partial charge in [0.05, 0.1) is 12.3 Å². The maximum absolute atomic E-state index is 13.0. The number of alkyl carbamates (subject to hydrolysis) is 1. The zero-order chi connectivity index (χ0) is 24.9. The first kappa shape index (κ1) is 24.8. The molecule has 4 rings (SSSR count). The number of fused-ring (bicyclic) bond motifs is 3. The first-order valence-corrected chi connectivity index (χ1v) is 12.4. The average Bonchev–Trinajstić information content (AvgIpc) is 3.62. The number of carbonyl (C=O) groups excluding carboxylic acids is 2. The molecule has 2 aromatic carbocycles. The van der Waals surface area contributed by atoms with Crippen molar-refractivity contribution < 1.29 is 24.2 Å². The van der Waals surface area contributed by atoms with Crippen LogP contribution in [-0.4, -0.2) is 42.3 Å². The highest BCUT2D eigenvalue weighted by molar-refractivity contribution is 5.81. The zero-order valence-electron chi connectivity index (χ0n) is 20.3. The minimum Gasteiger partial charge on any atom is -0.481 e. The number of carboxylic acids is 1. The molecule has 2 amide bonds. The van der Waals surface area contributed by atoms with E-state index in [1.807, 2.05) is 38.1 Å². The third kappa shape index (κ3) is 6.21. The van der Waals surface area contributed by atoms with Crippen molar-refractivity contribution in [2.24, 2.45) is 17.8 Å². The number of aliphatic carboxylic acids is 1. The number of ether oxygens (including phenoxy) is 1. The molecule has 7 nitrogen and oxygen atoms in total. The van der Waals surface area contributed by atoms with E-state index in [1.54, 1.807) is 0 Å². The third-order valence-electron chi connectivity index (χ3n) is 6.88. The number of carboxylic acid groups (broad SMARTS) is 1. The molecule has 1 saturated carbocycles. The third-order valence-corrected chi connectivity index (χ3v) is 6.88. The molecule has 0 aromatic heterocycles. The molecule has 0 saturated heterocycles. The fraction of sp³-hybridized carbons (Fsp3) is 0.464. The molecule has 3 N–H and O–H groups in total. The van der Waals surface area contributed by atoms with Crippen molar-refractivity contribution in [1.82, 2.24) is 10.6 Å². The first-order chi connectivity index (χ1) is 16.8. The van der Waals surface area contributed by atoms with Crippen molar-refractivity contribution in [3.63, 3.8) is 0 Å². The Morgan fingerprint density at radius 1 is 1.00 bits per heavy atom. The Hall–Kier alpha value is -3.35. The average molecular weight is 479 g/mol. The van der Waals surface area contributed by atoms with Gasteiger partial charge in [0.25, 0.3) is 0 Å². The van der Waals surface area contributed by atoms with Crippen LogP contribution in [0.1, 0.15) is 56.6 Å². The molecule has 2 aliphatic rings. The van der Waals surface area contributed by atoms with Gasteiger partial charge in [-0.15, -0.1) is 0 Å². The molecular weight excluding hydrogens is 444 g/mol. The predicted octanol–water partition coefficient (Wildman–Crippen LogP) is 4.56. The van der Waals surface area contributed by atoms with Crippen molar-refractivity contribution >= 4 is 18.0 Å². The first-order valence-electron chi connectivity index (χ1n) is 12.4. The van der Waals surface area contributed by atoms with E-state index in [0.717, 1.165) is 35.1 Å². The predicted molar refractivity (Wildman–Crippen MR) is 133 cm³/mol. The highest BCUT2D eigenvalue weighted by atomic mass is 16.5. The van der Waals surface area contributed by atoms with Crippen LogP contribution in [0.5, 0.6) is 0 Å². The summed E-state index contributed by atoms with van der Waals surface area (Å²) in [6.07, 6.45) is 1.82. The summed E-state index contributed by atoms with van der Waals surface area (Å²) < 4.78 is 5.60. The Bertz CT molecular complexity index is 1030. The van der Waals surface area contributed by atoms with Gasteiger partial charge in [0.1, 0.15) is 6.61 Å². The SMILES string of the molecule is CC(C)CC(CNC(=O)OCC1c2ccccc2-c2ccccc21)C(=O)NC(CC(=O)O)C1CC1. The lowest BCUT2D eigenvalue weighted by molar-refractivity contribution is -0.138. The lowest BCUT2D eigenvalue weighted by Crippen LogP contribution is -2.45.